The Morgan fingerprint density at radius 2 is 1.90 bits per heavy atom. The first-order chi connectivity index (χ1) is 9.95. The normalized spacial score (nSPS) is 19.0. The standard InChI is InChI=1S/C16H24Cl2N2O/c1-11(2)16(19)10-20-7-5-12(6-8-20)21-13-3-4-14(17)15(18)9-13/h3-4,9,11-12,16H,5-8,10,19H2,1-2H3. The second kappa shape index (κ2) is 7.68. The Kier molecular flexibility index (Phi) is 6.18. The fraction of sp³-hybridized carbons (Fsp3) is 0.625. The highest BCUT2D eigenvalue weighted by Gasteiger charge is 2.22. The second-order valence-corrected chi connectivity index (χ2v) is 6.92. The van der Waals surface area contributed by atoms with Crippen LogP contribution in [0.1, 0.15) is 26.7 Å². The molecule has 0 aromatic heterocycles. The second-order valence-electron chi connectivity index (χ2n) is 6.10. The van der Waals surface area contributed by atoms with Crippen LogP contribution in [0, 0.1) is 5.92 Å². The maximum Gasteiger partial charge on any atom is 0.121 e. The third-order valence-electron chi connectivity index (χ3n) is 4.05. The van der Waals surface area contributed by atoms with Crippen molar-refractivity contribution < 1.29 is 4.74 Å². The minimum absolute atomic E-state index is 0.244. The first-order valence-electron chi connectivity index (χ1n) is 7.55. The Bertz CT molecular complexity index is 460. The molecule has 1 atom stereocenters. The van der Waals surface area contributed by atoms with E-state index in [1.807, 2.05) is 6.07 Å². The predicted octanol–water partition coefficient (Wildman–Crippen LogP) is 3.82. The van der Waals surface area contributed by atoms with Gasteiger partial charge in [-0.1, -0.05) is 37.0 Å². The molecule has 1 fully saturated rings. The highest BCUT2D eigenvalue weighted by molar-refractivity contribution is 6.42. The van der Waals surface area contributed by atoms with Crippen LogP contribution in [0.25, 0.3) is 0 Å². The summed E-state index contributed by atoms with van der Waals surface area (Å²) in [4.78, 5) is 2.43. The van der Waals surface area contributed by atoms with Crippen LogP contribution in [-0.2, 0) is 0 Å². The summed E-state index contributed by atoms with van der Waals surface area (Å²) in [6.07, 6.45) is 2.28. The Morgan fingerprint density at radius 3 is 2.48 bits per heavy atom. The number of hydrogen-bond acceptors (Lipinski definition) is 3. The van der Waals surface area contributed by atoms with E-state index >= 15 is 0 Å². The van der Waals surface area contributed by atoms with Gasteiger partial charge in [0.1, 0.15) is 11.9 Å². The average Bonchev–Trinajstić information content (AvgIpc) is 2.45. The molecule has 1 aromatic carbocycles. The van der Waals surface area contributed by atoms with Gasteiger partial charge in [0.15, 0.2) is 0 Å². The lowest BCUT2D eigenvalue weighted by Crippen LogP contribution is -2.45. The van der Waals surface area contributed by atoms with Crippen LogP contribution in [0.2, 0.25) is 10.0 Å². The van der Waals surface area contributed by atoms with Gasteiger partial charge >= 0.3 is 0 Å². The first-order valence-corrected chi connectivity index (χ1v) is 8.31. The zero-order valence-electron chi connectivity index (χ0n) is 12.7. The molecule has 0 spiro atoms. The van der Waals surface area contributed by atoms with E-state index < -0.39 is 0 Å². The largest absolute Gasteiger partial charge is 0.490 e. The van der Waals surface area contributed by atoms with E-state index in [0.29, 0.717) is 16.0 Å². The van der Waals surface area contributed by atoms with Crippen molar-refractivity contribution in [2.24, 2.45) is 11.7 Å². The van der Waals surface area contributed by atoms with E-state index in [4.69, 9.17) is 33.7 Å². The van der Waals surface area contributed by atoms with Crippen LogP contribution in [0.5, 0.6) is 5.75 Å². The van der Waals surface area contributed by atoms with E-state index in [0.717, 1.165) is 38.2 Å². The smallest absolute Gasteiger partial charge is 0.121 e. The van der Waals surface area contributed by atoms with Crippen molar-refractivity contribution in [3.63, 3.8) is 0 Å². The molecular formula is C16H24Cl2N2O. The van der Waals surface area contributed by atoms with Crippen molar-refractivity contribution in [1.82, 2.24) is 4.90 Å². The quantitative estimate of drug-likeness (QED) is 0.891. The van der Waals surface area contributed by atoms with Gasteiger partial charge in [-0.25, -0.2) is 0 Å². The van der Waals surface area contributed by atoms with Gasteiger partial charge in [-0.2, -0.15) is 0 Å². The molecule has 1 saturated heterocycles. The van der Waals surface area contributed by atoms with Gasteiger partial charge in [-0.15, -0.1) is 0 Å². The molecule has 2 rings (SSSR count). The fourth-order valence-corrected chi connectivity index (χ4v) is 2.75. The molecule has 2 N–H and O–H groups in total. The van der Waals surface area contributed by atoms with E-state index in [1.54, 1.807) is 12.1 Å². The van der Waals surface area contributed by atoms with Crippen LogP contribution >= 0.6 is 23.2 Å². The number of benzene rings is 1. The first kappa shape index (κ1) is 16.9. The van der Waals surface area contributed by atoms with Gasteiger partial charge in [0.2, 0.25) is 0 Å². The lowest BCUT2D eigenvalue weighted by atomic mass is 10.0. The maximum atomic E-state index is 6.14. The number of nitrogens with zero attached hydrogens (tertiary/aromatic N) is 1. The molecule has 3 nitrogen and oxygen atoms in total. The SMILES string of the molecule is CC(C)C(N)CN1CCC(Oc2ccc(Cl)c(Cl)c2)CC1. The summed E-state index contributed by atoms with van der Waals surface area (Å²) in [5, 5.41) is 1.09. The molecule has 1 aromatic rings. The van der Waals surface area contributed by atoms with Crippen LogP contribution < -0.4 is 10.5 Å². The number of nitrogens with two attached hydrogens (primary N) is 1. The Balaban J connectivity index is 1.80. The minimum atomic E-state index is 0.244. The lowest BCUT2D eigenvalue weighted by Gasteiger charge is -2.34. The third-order valence-corrected chi connectivity index (χ3v) is 4.79. The molecule has 0 bridgehead atoms. The number of likely N-dealkylation sites (tertiary alicyclic amines) is 1. The van der Waals surface area contributed by atoms with Gasteiger partial charge < -0.3 is 15.4 Å². The topological polar surface area (TPSA) is 38.5 Å². The van der Waals surface area contributed by atoms with Gasteiger partial charge in [0.25, 0.3) is 0 Å². The van der Waals surface area contributed by atoms with Gasteiger partial charge in [0.05, 0.1) is 10.0 Å². The Labute approximate surface area is 137 Å². The highest BCUT2D eigenvalue weighted by Crippen LogP contribution is 2.28. The van der Waals surface area contributed by atoms with Crippen LogP contribution in [0.15, 0.2) is 18.2 Å². The van der Waals surface area contributed by atoms with Crippen molar-refractivity contribution in [1.29, 1.82) is 0 Å². The summed E-state index contributed by atoms with van der Waals surface area (Å²) in [5.41, 5.74) is 6.14. The lowest BCUT2D eigenvalue weighted by molar-refractivity contribution is 0.0943. The maximum absolute atomic E-state index is 6.14. The molecule has 5 heteroatoms. The van der Waals surface area contributed by atoms with Crippen molar-refractivity contribution >= 4 is 23.2 Å². The average molecular weight is 331 g/mol. The number of rotatable bonds is 5. The Morgan fingerprint density at radius 1 is 1.24 bits per heavy atom. The van der Waals surface area contributed by atoms with Crippen molar-refractivity contribution in [3.05, 3.63) is 28.2 Å². The molecule has 1 aliphatic rings. The van der Waals surface area contributed by atoms with E-state index in [-0.39, 0.29) is 12.1 Å². The summed E-state index contributed by atoms with van der Waals surface area (Å²) in [6.45, 7) is 7.38. The van der Waals surface area contributed by atoms with Crippen LogP contribution in [0.3, 0.4) is 0 Å². The minimum Gasteiger partial charge on any atom is -0.490 e. The molecule has 0 radical (unpaired) electrons. The summed E-state index contributed by atoms with van der Waals surface area (Å²) in [7, 11) is 0. The van der Waals surface area contributed by atoms with Crippen LogP contribution in [-0.4, -0.2) is 36.7 Å². The number of hydrogen-bond donors (Lipinski definition) is 1. The molecule has 118 valence electrons. The van der Waals surface area contributed by atoms with Gasteiger partial charge in [-0.05, 0) is 30.9 Å². The predicted molar refractivity (Wildman–Crippen MR) is 89.4 cm³/mol. The van der Waals surface area contributed by atoms with E-state index in [9.17, 15) is 0 Å². The molecule has 1 heterocycles. The summed E-state index contributed by atoms with van der Waals surface area (Å²) < 4.78 is 5.99. The fourth-order valence-electron chi connectivity index (χ4n) is 2.46. The van der Waals surface area contributed by atoms with Gasteiger partial charge in [-0.3, -0.25) is 0 Å². The van der Waals surface area contributed by atoms with Crippen molar-refractivity contribution in [2.45, 2.75) is 38.8 Å². The molecule has 0 amide bonds. The molecule has 1 aliphatic heterocycles. The number of ether oxygens (including phenoxy) is 1. The summed E-state index contributed by atoms with van der Waals surface area (Å²) in [6, 6.07) is 5.67. The zero-order valence-corrected chi connectivity index (χ0v) is 14.2. The van der Waals surface area contributed by atoms with Crippen molar-refractivity contribution in [2.75, 3.05) is 19.6 Å². The van der Waals surface area contributed by atoms with E-state index in [1.165, 1.54) is 0 Å². The zero-order chi connectivity index (χ0) is 15.4. The van der Waals surface area contributed by atoms with Crippen LogP contribution in [0.4, 0.5) is 0 Å². The number of halogens is 2. The molecule has 21 heavy (non-hydrogen) atoms. The molecule has 0 aliphatic carbocycles. The summed E-state index contributed by atoms with van der Waals surface area (Å²) in [5.74, 6) is 1.32. The van der Waals surface area contributed by atoms with Gasteiger partial charge in [0, 0.05) is 31.7 Å². The summed E-state index contributed by atoms with van der Waals surface area (Å²) >= 11 is 11.9. The molecule has 1 unspecified atom stereocenters. The molecular weight excluding hydrogens is 307 g/mol. The number of piperidine rings is 1. The monoisotopic (exact) mass is 330 g/mol. The molecule has 0 saturated carbocycles. The van der Waals surface area contributed by atoms with E-state index in [2.05, 4.69) is 18.7 Å². The third kappa shape index (κ3) is 5.03. The Hall–Kier alpha value is -0.480. The van der Waals surface area contributed by atoms with Crippen molar-refractivity contribution in [3.8, 4) is 5.75 Å². The highest BCUT2D eigenvalue weighted by atomic mass is 35.5.